The predicted octanol–water partition coefficient (Wildman–Crippen LogP) is 4.29. The first-order valence-corrected chi connectivity index (χ1v) is 10.6. The fourth-order valence-electron chi connectivity index (χ4n) is 4.05. The lowest BCUT2D eigenvalue weighted by molar-refractivity contribution is -0.125. The normalized spacial score (nSPS) is 16.3. The lowest BCUT2D eigenvalue weighted by Crippen LogP contribution is -2.43. The summed E-state index contributed by atoms with van der Waals surface area (Å²) in [7, 11) is 0. The van der Waals surface area contributed by atoms with Gasteiger partial charge in [-0.05, 0) is 49.9 Å². The summed E-state index contributed by atoms with van der Waals surface area (Å²) in [6.07, 6.45) is 1.88. The molecule has 1 aliphatic heterocycles. The molecule has 2 aromatic carbocycles. The van der Waals surface area contributed by atoms with E-state index in [1.165, 1.54) is 11.1 Å². The summed E-state index contributed by atoms with van der Waals surface area (Å²) in [4.78, 5) is 14.9. The highest BCUT2D eigenvalue weighted by atomic mass is 16.1. The second-order valence-electron chi connectivity index (χ2n) is 8.08. The Morgan fingerprint density at radius 3 is 2.70 bits per heavy atom. The minimum Gasteiger partial charge on any atom is -0.354 e. The third kappa shape index (κ3) is 4.67. The minimum absolute atomic E-state index is 0.0265. The molecule has 5 nitrogen and oxygen atoms in total. The van der Waals surface area contributed by atoms with Crippen molar-refractivity contribution in [2.45, 2.75) is 33.2 Å². The largest absolute Gasteiger partial charge is 0.354 e. The second-order valence-corrected chi connectivity index (χ2v) is 8.08. The number of benzene rings is 2. The Labute approximate surface area is 178 Å². The molecule has 0 unspecified atom stereocenters. The van der Waals surface area contributed by atoms with Gasteiger partial charge in [0.2, 0.25) is 5.91 Å². The molecule has 0 spiro atoms. The number of rotatable bonds is 5. The van der Waals surface area contributed by atoms with Crippen LogP contribution in [0.1, 0.15) is 29.5 Å². The van der Waals surface area contributed by atoms with Crippen molar-refractivity contribution in [3.8, 4) is 11.3 Å². The van der Waals surface area contributed by atoms with Crippen molar-refractivity contribution in [1.29, 1.82) is 0 Å². The van der Waals surface area contributed by atoms with Crippen LogP contribution in [0.2, 0.25) is 0 Å². The molecule has 0 aliphatic carbocycles. The molecule has 4 rings (SSSR count). The van der Waals surface area contributed by atoms with Gasteiger partial charge in [-0.1, -0.05) is 54.1 Å². The van der Waals surface area contributed by atoms with E-state index in [9.17, 15) is 4.79 Å². The average Bonchev–Trinajstić information content (AvgIpc) is 2.78. The van der Waals surface area contributed by atoms with Gasteiger partial charge in [-0.25, -0.2) is 0 Å². The molecule has 1 N–H and O–H groups in total. The van der Waals surface area contributed by atoms with E-state index in [1.54, 1.807) is 0 Å². The summed E-state index contributed by atoms with van der Waals surface area (Å²) in [5.41, 5.74) is 5.50. The van der Waals surface area contributed by atoms with Crippen LogP contribution in [-0.4, -0.2) is 29.2 Å². The van der Waals surface area contributed by atoms with Crippen LogP contribution in [0.15, 0.2) is 60.7 Å². The number of carbonyl (C=O) groups excluding carboxylic acids is 1. The van der Waals surface area contributed by atoms with E-state index < -0.39 is 0 Å². The van der Waals surface area contributed by atoms with Crippen LogP contribution in [0.3, 0.4) is 0 Å². The van der Waals surface area contributed by atoms with Crippen molar-refractivity contribution in [3.05, 3.63) is 77.4 Å². The van der Waals surface area contributed by atoms with Gasteiger partial charge in [0.1, 0.15) is 0 Å². The third-order valence-electron chi connectivity index (χ3n) is 5.74. The van der Waals surface area contributed by atoms with Gasteiger partial charge >= 0.3 is 0 Å². The van der Waals surface area contributed by atoms with Crippen molar-refractivity contribution in [2.24, 2.45) is 5.92 Å². The highest BCUT2D eigenvalue weighted by Gasteiger charge is 2.26. The predicted molar refractivity (Wildman–Crippen MR) is 120 cm³/mol. The van der Waals surface area contributed by atoms with Crippen molar-refractivity contribution in [3.63, 3.8) is 0 Å². The molecule has 1 saturated heterocycles. The van der Waals surface area contributed by atoms with Gasteiger partial charge < -0.3 is 10.2 Å². The van der Waals surface area contributed by atoms with Gasteiger partial charge in [0.25, 0.3) is 0 Å². The Bertz CT molecular complexity index is 1020. The quantitative estimate of drug-likeness (QED) is 0.694. The summed E-state index contributed by atoms with van der Waals surface area (Å²) in [6.45, 7) is 6.30. The van der Waals surface area contributed by atoms with Crippen molar-refractivity contribution < 1.29 is 4.79 Å². The van der Waals surface area contributed by atoms with Crippen LogP contribution in [0, 0.1) is 19.8 Å². The second kappa shape index (κ2) is 9.08. The molecule has 30 heavy (non-hydrogen) atoms. The molecular weight excluding hydrogens is 372 g/mol. The molecule has 1 aromatic heterocycles. The highest BCUT2D eigenvalue weighted by Crippen LogP contribution is 2.25. The molecule has 154 valence electrons. The highest BCUT2D eigenvalue weighted by molar-refractivity contribution is 5.79. The van der Waals surface area contributed by atoms with Crippen molar-refractivity contribution >= 4 is 11.7 Å². The zero-order chi connectivity index (χ0) is 20.9. The van der Waals surface area contributed by atoms with Crippen LogP contribution < -0.4 is 10.2 Å². The summed E-state index contributed by atoms with van der Waals surface area (Å²) >= 11 is 0. The number of carbonyl (C=O) groups is 1. The summed E-state index contributed by atoms with van der Waals surface area (Å²) in [6, 6.07) is 20.5. The Morgan fingerprint density at radius 2 is 1.93 bits per heavy atom. The number of nitrogens with zero attached hydrogens (tertiary/aromatic N) is 3. The molecular formula is C25H28N4O. The number of anilines is 1. The molecule has 1 fully saturated rings. The number of aromatic nitrogens is 2. The van der Waals surface area contributed by atoms with E-state index in [1.807, 2.05) is 36.4 Å². The fourth-order valence-corrected chi connectivity index (χ4v) is 4.05. The van der Waals surface area contributed by atoms with Crippen LogP contribution in [-0.2, 0) is 11.3 Å². The number of nitrogens with one attached hydrogen (secondary N) is 1. The number of hydrogen-bond donors (Lipinski definition) is 1. The van der Waals surface area contributed by atoms with Gasteiger partial charge in [-0.3, -0.25) is 4.79 Å². The first-order chi connectivity index (χ1) is 14.6. The van der Waals surface area contributed by atoms with Crippen LogP contribution in [0.25, 0.3) is 11.3 Å². The Kier molecular flexibility index (Phi) is 6.07. The standard InChI is InChI=1S/C25H28N4O/c1-18-7-5-9-20(15-18)16-26-25(30)21-10-6-14-29(17-21)24-13-12-23(27-28-24)22-11-4-3-8-19(22)2/h3-5,7-9,11-13,15,21H,6,10,14,16-17H2,1-2H3,(H,26,30)/t21-/m1/s1. The SMILES string of the molecule is Cc1cccc(CNC(=O)[C@@H]2CCCN(c3ccc(-c4ccccc4C)nn3)C2)c1. The van der Waals surface area contributed by atoms with E-state index in [4.69, 9.17) is 0 Å². The summed E-state index contributed by atoms with van der Waals surface area (Å²) in [5.74, 6) is 0.926. The lowest BCUT2D eigenvalue weighted by atomic mass is 9.97. The third-order valence-corrected chi connectivity index (χ3v) is 5.74. The van der Waals surface area contributed by atoms with Crippen LogP contribution in [0.5, 0.6) is 0 Å². The number of piperidine rings is 1. The van der Waals surface area contributed by atoms with Crippen molar-refractivity contribution in [1.82, 2.24) is 15.5 Å². The molecule has 1 atom stereocenters. The Hall–Kier alpha value is -3.21. The average molecular weight is 401 g/mol. The topological polar surface area (TPSA) is 58.1 Å². The molecule has 0 bridgehead atoms. The maximum atomic E-state index is 12.7. The van der Waals surface area contributed by atoms with Crippen molar-refractivity contribution in [2.75, 3.05) is 18.0 Å². The van der Waals surface area contributed by atoms with Gasteiger partial charge in [-0.15, -0.1) is 10.2 Å². The molecule has 5 heteroatoms. The van der Waals surface area contributed by atoms with E-state index >= 15 is 0 Å². The van der Waals surface area contributed by atoms with Gasteiger partial charge in [-0.2, -0.15) is 0 Å². The molecule has 1 amide bonds. The molecule has 2 heterocycles. The maximum Gasteiger partial charge on any atom is 0.225 e. The molecule has 0 saturated carbocycles. The Morgan fingerprint density at radius 1 is 1.07 bits per heavy atom. The van der Waals surface area contributed by atoms with Gasteiger partial charge in [0.05, 0.1) is 11.6 Å². The fraction of sp³-hybridized carbons (Fsp3) is 0.320. The monoisotopic (exact) mass is 400 g/mol. The summed E-state index contributed by atoms with van der Waals surface area (Å²) < 4.78 is 0. The minimum atomic E-state index is -0.0265. The first kappa shape index (κ1) is 20.1. The smallest absolute Gasteiger partial charge is 0.225 e. The van der Waals surface area contributed by atoms with E-state index in [2.05, 4.69) is 58.5 Å². The number of amides is 1. The summed E-state index contributed by atoms with van der Waals surface area (Å²) in [5, 5.41) is 12.0. The number of aryl methyl sites for hydroxylation is 2. The molecule has 3 aromatic rings. The molecule has 0 radical (unpaired) electrons. The maximum absolute atomic E-state index is 12.7. The van der Waals surface area contributed by atoms with Crippen LogP contribution in [0.4, 0.5) is 5.82 Å². The Balaban J connectivity index is 1.38. The zero-order valence-corrected chi connectivity index (χ0v) is 17.6. The van der Waals surface area contributed by atoms with E-state index in [0.717, 1.165) is 42.0 Å². The first-order valence-electron chi connectivity index (χ1n) is 10.6. The van der Waals surface area contributed by atoms with Gasteiger partial charge in [0.15, 0.2) is 5.82 Å². The van der Waals surface area contributed by atoms with E-state index in [0.29, 0.717) is 13.1 Å². The van der Waals surface area contributed by atoms with E-state index in [-0.39, 0.29) is 11.8 Å². The zero-order valence-electron chi connectivity index (χ0n) is 17.6. The molecule has 1 aliphatic rings. The lowest BCUT2D eigenvalue weighted by Gasteiger charge is -2.32. The van der Waals surface area contributed by atoms with Gasteiger partial charge in [0, 0.05) is 25.2 Å². The van der Waals surface area contributed by atoms with Crippen LogP contribution >= 0.6 is 0 Å². The number of hydrogen-bond acceptors (Lipinski definition) is 4.